The predicted molar refractivity (Wildman–Crippen MR) is 34.5 cm³/mol. The fourth-order valence-electron chi connectivity index (χ4n) is 0.0668. The molecule has 7 heavy (non-hydrogen) atoms. The molecule has 0 aliphatic rings. The first kappa shape index (κ1) is 7.29. The Bertz CT molecular complexity index is 42.1. The molecule has 0 atom stereocenters. The molecule has 0 spiro atoms. The van der Waals surface area contributed by atoms with Gasteiger partial charge in [0.25, 0.3) is 0 Å². The van der Waals surface area contributed by atoms with Crippen molar-refractivity contribution in [2.24, 2.45) is 5.41 Å². The van der Waals surface area contributed by atoms with Gasteiger partial charge in [-0.05, 0) is 11.8 Å². The lowest BCUT2D eigenvalue weighted by atomic mass is 9.93. The quantitative estimate of drug-likeness (QED) is 0.490. The molecule has 43 valence electrons. The van der Waals surface area contributed by atoms with E-state index in [2.05, 4.69) is 20.8 Å². The number of hydrogen-bond acceptors (Lipinski definition) is 0. The molecule has 0 aromatic carbocycles. The molecule has 0 aromatic heterocycles. The van der Waals surface area contributed by atoms with Crippen molar-refractivity contribution < 1.29 is 0 Å². The number of rotatable bonds is 2. The van der Waals surface area contributed by atoms with Gasteiger partial charge in [0.2, 0.25) is 0 Å². The van der Waals surface area contributed by atoms with E-state index in [1.54, 1.807) is 0 Å². The van der Waals surface area contributed by atoms with Crippen molar-refractivity contribution in [3.8, 4) is 0 Å². The van der Waals surface area contributed by atoms with E-state index in [1.807, 2.05) is 0 Å². The van der Waals surface area contributed by atoms with Gasteiger partial charge in [-0.1, -0.05) is 20.8 Å². The van der Waals surface area contributed by atoms with Crippen molar-refractivity contribution in [2.45, 2.75) is 20.3 Å². The van der Waals surface area contributed by atoms with Gasteiger partial charge in [-0.2, -0.15) is 0 Å². The standard InChI is InChI=1S/C6H12Cl/c1-4-6(2,3)5-7/h1,4-5H2,2-3H3. The van der Waals surface area contributed by atoms with Gasteiger partial charge in [-0.15, -0.1) is 11.6 Å². The average Bonchev–Trinajstić information content (AvgIpc) is 1.68. The Morgan fingerprint density at radius 1 is 1.57 bits per heavy atom. The maximum atomic E-state index is 5.55. The lowest BCUT2D eigenvalue weighted by molar-refractivity contribution is 0.426. The van der Waals surface area contributed by atoms with Gasteiger partial charge in [0, 0.05) is 5.88 Å². The maximum Gasteiger partial charge on any atom is 0.0274 e. The minimum absolute atomic E-state index is 0.238. The Hall–Kier alpha value is 0.290. The summed E-state index contributed by atoms with van der Waals surface area (Å²) in [5.41, 5.74) is 0.238. The number of hydrogen-bond donors (Lipinski definition) is 0. The van der Waals surface area contributed by atoms with Crippen molar-refractivity contribution in [1.29, 1.82) is 0 Å². The summed E-state index contributed by atoms with van der Waals surface area (Å²) in [5, 5.41) is 0. The molecule has 0 fully saturated rings. The van der Waals surface area contributed by atoms with Crippen LogP contribution >= 0.6 is 11.6 Å². The molecular formula is C6H12Cl. The molecule has 0 bridgehead atoms. The molecular weight excluding hydrogens is 108 g/mol. The zero-order chi connectivity index (χ0) is 5.91. The van der Waals surface area contributed by atoms with E-state index in [0.29, 0.717) is 5.88 Å². The average molecular weight is 120 g/mol. The third-order valence-electron chi connectivity index (χ3n) is 1.04. The minimum atomic E-state index is 0.238. The van der Waals surface area contributed by atoms with E-state index in [9.17, 15) is 0 Å². The van der Waals surface area contributed by atoms with E-state index in [-0.39, 0.29) is 5.41 Å². The van der Waals surface area contributed by atoms with E-state index in [1.165, 1.54) is 0 Å². The van der Waals surface area contributed by atoms with Crippen molar-refractivity contribution in [2.75, 3.05) is 5.88 Å². The highest BCUT2D eigenvalue weighted by molar-refractivity contribution is 6.18. The summed E-state index contributed by atoms with van der Waals surface area (Å²) in [4.78, 5) is 0. The molecule has 0 saturated carbocycles. The number of halogens is 1. The maximum absolute atomic E-state index is 5.55. The molecule has 0 N–H and O–H groups in total. The van der Waals surface area contributed by atoms with E-state index >= 15 is 0 Å². The smallest absolute Gasteiger partial charge is 0.0274 e. The van der Waals surface area contributed by atoms with Gasteiger partial charge in [-0.25, -0.2) is 0 Å². The SMILES string of the molecule is [CH2]CC(C)(C)CCl. The van der Waals surface area contributed by atoms with Crippen LogP contribution in [0.2, 0.25) is 0 Å². The van der Waals surface area contributed by atoms with Crippen molar-refractivity contribution >= 4 is 11.6 Å². The van der Waals surface area contributed by atoms with Crippen LogP contribution in [0.25, 0.3) is 0 Å². The summed E-state index contributed by atoms with van der Waals surface area (Å²) in [6.45, 7) is 7.95. The second-order valence-electron chi connectivity index (χ2n) is 2.55. The Labute approximate surface area is 50.9 Å². The fourth-order valence-corrected chi connectivity index (χ4v) is 0.200. The van der Waals surface area contributed by atoms with Crippen LogP contribution in [0.15, 0.2) is 0 Å². The fraction of sp³-hybridized carbons (Fsp3) is 0.833. The molecule has 0 unspecified atom stereocenters. The highest BCUT2D eigenvalue weighted by Crippen LogP contribution is 2.19. The van der Waals surface area contributed by atoms with Crippen molar-refractivity contribution in [3.05, 3.63) is 6.92 Å². The first-order valence-corrected chi connectivity index (χ1v) is 3.01. The Morgan fingerprint density at radius 2 is 2.00 bits per heavy atom. The molecule has 0 nitrogen and oxygen atoms in total. The molecule has 0 rings (SSSR count). The van der Waals surface area contributed by atoms with Gasteiger partial charge in [0.1, 0.15) is 0 Å². The van der Waals surface area contributed by atoms with Crippen LogP contribution in [0.1, 0.15) is 20.3 Å². The summed E-state index contributed by atoms with van der Waals surface area (Å²) < 4.78 is 0. The van der Waals surface area contributed by atoms with Crippen molar-refractivity contribution in [1.82, 2.24) is 0 Å². The van der Waals surface area contributed by atoms with Gasteiger partial charge in [0.05, 0.1) is 0 Å². The van der Waals surface area contributed by atoms with Crippen LogP contribution in [0.5, 0.6) is 0 Å². The first-order valence-electron chi connectivity index (χ1n) is 2.47. The molecule has 0 heterocycles. The van der Waals surface area contributed by atoms with Crippen LogP contribution < -0.4 is 0 Å². The summed E-state index contributed by atoms with van der Waals surface area (Å²) in [7, 11) is 0. The van der Waals surface area contributed by atoms with Gasteiger partial charge in [-0.3, -0.25) is 0 Å². The summed E-state index contributed by atoms with van der Waals surface area (Å²) in [5.74, 6) is 0.705. The van der Waals surface area contributed by atoms with Crippen molar-refractivity contribution in [3.63, 3.8) is 0 Å². The Balaban J connectivity index is 3.36. The highest BCUT2D eigenvalue weighted by atomic mass is 35.5. The molecule has 0 saturated heterocycles. The van der Waals surface area contributed by atoms with Gasteiger partial charge >= 0.3 is 0 Å². The van der Waals surface area contributed by atoms with Gasteiger partial charge in [0.15, 0.2) is 0 Å². The molecule has 0 aliphatic heterocycles. The molecule has 0 aliphatic carbocycles. The second kappa shape index (κ2) is 2.56. The Morgan fingerprint density at radius 3 is 2.00 bits per heavy atom. The normalized spacial score (nSPS) is 12.0. The van der Waals surface area contributed by atoms with Crippen LogP contribution in [-0.2, 0) is 0 Å². The second-order valence-corrected chi connectivity index (χ2v) is 2.82. The lowest BCUT2D eigenvalue weighted by Gasteiger charge is -2.16. The Kier molecular flexibility index (Phi) is 2.67. The van der Waals surface area contributed by atoms with Gasteiger partial charge < -0.3 is 0 Å². The minimum Gasteiger partial charge on any atom is -0.126 e. The van der Waals surface area contributed by atoms with Crippen LogP contribution in [0, 0.1) is 12.3 Å². The first-order chi connectivity index (χ1) is 3.12. The van der Waals surface area contributed by atoms with Crippen LogP contribution in [-0.4, -0.2) is 5.88 Å². The summed E-state index contributed by atoms with van der Waals surface area (Å²) in [6, 6.07) is 0. The van der Waals surface area contributed by atoms with E-state index < -0.39 is 0 Å². The molecule has 0 aromatic rings. The summed E-state index contributed by atoms with van der Waals surface area (Å²) >= 11 is 5.55. The van der Waals surface area contributed by atoms with Crippen LogP contribution in [0.4, 0.5) is 0 Å². The zero-order valence-corrected chi connectivity index (χ0v) is 5.76. The van der Waals surface area contributed by atoms with Crippen LogP contribution in [0.3, 0.4) is 0 Å². The molecule has 0 amide bonds. The lowest BCUT2D eigenvalue weighted by Crippen LogP contribution is -2.10. The molecule has 1 radical (unpaired) electrons. The monoisotopic (exact) mass is 119 g/mol. The highest BCUT2D eigenvalue weighted by Gasteiger charge is 2.11. The largest absolute Gasteiger partial charge is 0.126 e. The third kappa shape index (κ3) is 2.93. The van der Waals surface area contributed by atoms with E-state index in [4.69, 9.17) is 11.6 Å². The van der Waals surface area contributed by atoms with E-state index in [0.717, 1.165) is 6.42 Å². The molecule has 1 heteroatoms. The topological polar surface area (TPSA) is 0 Å². The number of alkyl halides is 1. The third-order valence-corrected chi connectivity index (χ3v) is 1.76. The summed E-state index contributed by atoms with van der Waals surface area (Å²) in [6.07, 6.45) is 0.913. The predicted octanol–water partition coefficient (Wildman–Crippen LogP) is 2.48. The zero-order valence-electron chi connectivity index (χ0n) is 5.00.